The molecule has 24 heavy (non-hydrogen) atoms. The molecule has 0 amide bonds. The third kappa shape index (κ3) is 4.16. The summed E-state index contributed by atoms with van der Waals surface area (Å²) in [5.41, 5.74) is 0.737. The van der Waals surface area contributed by atoms with Crippen molar-refractivity contribution in [3.8, 4) is 0 Å². The van der Waals surface area contributed by atoms with Crippen LogP contribution >= 0.6 is 0 Å². The largest absolute Gasteiger partial charge is 0.387 e. The summed E-state index contributed by atoms with van der Waals surface area (Å²) in [6.07, 6.45) is 7.71. The summed E-state index contributed by atoms with van der Waals surface area (Å²) >= 11 is 0. The Kier molecular flexibility index (Phi) is 5.58. The lowest BCUT2D eigenvalue weighted by atomic mass is 9.78. The van der Waals surface area contributed by atoms with Gasteiger partial charge in [-0.3, -0.25) is 0 Å². The summed E-state index contributed by atoms with van der Waals surface area (Å²) < 4.78 is 18.9. The van der Waals surface area contributed by atoms with E-state index in [1.165, 1.54) is 25.0 Å². The molecular formula is C20H30FNO2. The molecule has 134 valence electrons. The molecule has 1 heterocycles. The molecule has 3 atom stereocenters. The lowest BCUT2D eigenvalue weighted by molar-refractivity contribution is 0.0504. The molecule has 0 spiro atoms. The Morgan fingerprint density at radius 2 is 2.04 bits per heavy atom. The number of ether oxygens (including phenoxy) is 1. The van der Waals surface area contributed by atoms with Gasteiger partial charge in [0.15, 0.2) is 0 Å². The molecular weight excluding hydrogens is 305 g/mol. The lowest BCUT2D eigenvalue weighted by Gasteiger charge is -2.35. The number of hydrogen-bond acceptors (Lipinski definition) is 3. The monoisotopic (exact) mass is 335 g/mol. The minimum Gasteiger partial charge on any atom is -0.387 e. The van der Waals surface area contributed by atoms with E-state index in [-0.39, 0.29) is 17.4 Å². The van der Waals surface area contributed by atoms with E-state index in [0.29, 0.717) is 11.7 Å². The zero-order valence-corrected chi connectivity index (χ0v) is 14.8. The Morgan fingerprint density at radius 1 is 1.29 bits per heavy atom. The number of aliphatic hydroxyl groups is 1. The van der Waals surface area contributed by atoms with Gasteiger partial charge in [0.1, 0.15) is 5.82 Å². The fourth-order valence-corrected chi connectivity index (χ4v) is 4.60. The fourth-order valence-electron chi connectivity index (χ4n) is 4.60. The average Bonchev–Trinajstić information content (AvgIpc) is 2.97. The smallest absolute Gasteiger partial charge is 0.123 e. The first kappa shape index (κ1) is 17.8. The van der Waals surface area contributed by atoms with Gasteiger partial charge in [-0.1, -0.05) is 12.1 Å². The normalized spacial score (nSPS) is 35.1. The molecule has 3 rings (SSSR count). The number of benzene rings is 1. The zero-order valence-electron chi connectivity index (χ0n) is 14.8. The van der Waals surface area contributed by atoms with E-state index in [1.54, 1.807) is 12.1 Å². The van der Waals surface area contributed by atoms with Gasteiger partial charge >= 0.3 is 0 Å². The van der Waals surface area contributed by atoms with Crippen LogP contribution in [0.2, 0.25) is 0 Å². The first-order valence-corrected chi connectivity index (χ1v) is 9.23. The minimum atomic E-state index is -0.647. The topological polar surface area (TPSA) is 41.5 Å². The number of aliphatic hydroxyl groups excluding tert-OH is 1. The van der Waals surface area contributed by atoms with Crippen LogP contribution in [-0.4, -0.2) is 29.9 Å². The number of nitrogens with one attached hydrogen (secondary N) is 1. The second-order valence-electron chi connectivity index (χ2n) is 7.93. The van der Waals surface area contributed by atoms with Gasteiger partial charge in [-0.25, -0.2) is 4.39 Å². The molecule has 0 radical (unpaired) electrons. The lowest BCUT2D eigenvalue weighted by Crippen LogP contribution is -2.44. The molecule has 3 nitrogen and oxygen atoms in total. The van der Waals surface area contributed by atoms with Gasteiger partial charge in [0.2, 0.25) is 0 Å². The highest BCUT2D eigenvalue weighted by Gasteiger charge is 2.39. The molecule has 1 unspecified atom stereocenters. The van der Waals surface area contributed by atoms with E-state index >= 15 is 0 Å². The van der Waals surface area contributed by atoms with E-state index in [2.05, 4.69) is 12.2 Å². The Balaban J connectivity index is 1.56. The molecule has 2 fully saturated rings. The number of halogens is 1. The van der Waals surface area contributed by atoms with Crippen molar-refractivity contribution in [2.75, 3.05) is 7.11 Å². The first-order valence-electron chi connectivity index (χ1n) is 9.23. The van der Waals surface area contributed by atoms with E-state index < -0.39 is 6.10 Å². The summed E-state index contributed by atoms with van der Waals surface area (Å²) in [4.78, 5) is 0. The van der Waals surface area contributed by atoms with Crippen LogP contribution in [0.4, 0.5) is 4.39 Å². The summed E-state index contributed by atoms with van der Waals surface area (Å²) in [6.45, 7) is 2.27. The van der Waals surface area contributed by atoms with Gasteiger partial charge in [0.05, 0.1) is 12.2 Å². The predicted octanol–water partition coefficient (Wildman–Crippen LogP) is 3.97. The van der Waals surface area contributed by atoms with Gasteiger partial charge in [-0.2, -0.15) is 0 Å². The molecule has 0 bridgehead atoms. The van der Waals surface area contributed by atoms with Crippen molar-refractivity contribution in [2.24, 2.45) is 5.92 Å². The van der Waals surface area contributed by atoms with Crippen LogP contribution in [0.25, 0.3) is 0 Å². The maximum Gasteiger partial charge on any atom is 0.123 e. The van der Waals surface area contributed by atoms with E-state index in [0.717, 1.165) is 38.0 Å². The molecule has 4 heteroatoms. The van der Waals surface area contributed by atoms with Gasteiger partial charge in [-0.15, -0.1) is 0 Å². The van der Waals surface area contributed by atoms with Crippen molar-refractivity contribution in [1.82, 2.24) is 5.32 Å². The van der Waals surface area contributed by atoms with E-state index in [9.17, 15) is 9.50 Å². The number of hydrogen-bond donors (Lipinski definition) is 2. The van der Waals surface area contributed by atoms with Gasteiger partial charge in [0.25, 0.3) is 0 Å². The highest BCUT2D eigenvalue weighted by Crippen LogP contribution is 2.38. The molecule has 2 N–H and O–H groups in total. The predicted molar refractivity (Wildman–Crippen MR) is 93.3 cm³/mol. The maximum atomic E-state index is 13.4. The van der Waals surface area contributed by atoms with Crippen LogP contribution in [0.3, 0.4) is 0 Å². The third-order valence-corrected chi connectivity index (χ3v) is 5.98. The van der Waals surface area contributed by atoms with Crippen molar-refractivity contribution in [3.05, 3.63) is 35.6 Å². The highest BCUT2D eigenvalue weighted by molar-refractivity contribution is 5.21. The van der Waals surface area contributed by atoms with Gasteiger partial charge < -0.3 is 15.2 Å². The van der Waals surface area contributed by atoms with Crippen LogP contribution < -0.4 is 5.32 Å². The molecule has 1 aromatic carbocycles. The van der Waals surface area contributed by atoms with Crippen molar-refractivity contribution in [3.63, 3.8) is 0 Å². The first-order chi connectivity index (χ1) is 11.5. The van der Waals surface area contributed by atoms with Crippen molar-refractivity contribution in [2.45, 2.75) is 75.7 Å². The van der Waals surface area contributed by atoms with Crippen LogP contribution in [0, 0.1) is 11.7 Å². The van der Waals surface area contributed by atoms with Gasteiger partial charge in [-0.05, 0) is 75.5 Å². The Bertz CT molecular complexity index is 544. The standard InChI is InChI=1S/C20H30FNO2/c1-20(13-14-6-8-17(24-2)9-7-14)11-10-18(22-20)19(23)15-4-3-5-16(21)12-15/h3-5,12,14,17-19,22-23H,6-11,13H2,1-2H3/t14?,17?,18-,19?,20-/m1/s1. The van der Waals surface area contributed by atoms with E-state index in [4.69, 9.17) is 4.74 Å². The number of methoxy groups -OCH3 is 1. The molecule has 2 aliphatic rings. The Morgan fingerprint density at radius 3 is 2.71 bits per heavy atom. The van der Waals surface area contributed by atoms with Crippen LogP contribution in [0.5, 0.6) is 0 Å². The quantitative estimate of drug-likeness (QED) is 0.856. The molecule has 1 aliphatic heterocycles. The summed E-state index contributed by atoms with van der Waals surface area (Å²) in [7, 11) is 1.81. The maximum absolute atomic E-state index is 13.4. The highest BCUT2D eigenvalue weighted by atomic mass is 19.1. The summed E-state index contributed by atoms with van der Waals surface area (Å²) in [5.74, 6) is 0.446. The Labute approximate surface area is 144 Å². The molecule has 1 saturated heterocycles. The van der Waals surface area contributed by atoms with Gasteiger partial charge in [0, 0.05) is 18.7 Å². The van der Waals surface area contributed by atoms with Crippen LogP contribution in [0.15, 0.2) is 24.3 Å². The number of rotatable bonds is 5. The second kappa shape index (κ2) is 7.51. The minimum absolute atomic E-state index is 0.00659. The second-order valence-corrected chi connectivity index (χ2v) is 7.93. The molecule has 1 aliphatic carbocycles. The average molecular weight is 335 g/mol. The van der Waals surface area contributed by atoms with Crippen molar-refractivity contribution < 1.29 is 14.2 Å². The van der Waals surface area contributed by atoms with Crippen LogP contribution in [-0.2, 0) is 4.74 Å². The summed E-state index contributed by atoms with van der Waals surface area (Å²) in [6, 6.07) is 6.33. The zero-order chi connectivity index (χ0) is 17.2. The fraction of sp³-hybridized carbons (Fsp3) is 0.700. The Hall–Kier alpha value is -0.970. The third-order valence-electron chi connectivity index (χ3n) is 5.98. The van der Waals surface area contributed by atoms with E-state index in [1.807, 2.05) is 7.11 Å². The molecule has 1 aromatic rings. The molecule has 1 saturated carbocycles. The summed E-state index contributed by atoms with van der Waals surface area (Å²) in [5, 5.41) is 14.3. The van der Waals surface area contributed by atoms with Crippen molar-refractivity contribution >= 4 is 0 Å². The molecule has 0 aromatic heterocycles. The van der Waals surface area contributed by atoms with Crippen LogP contribution in [0.1, 0.15) is 63.5 Å². The van der Waals surface area contributed by atoms with Crippen molar-refractivity contribution in [1.29, 1.82) is 0 Å². The SMILES string of the molecule is COC1CCC(C[C@@]2(C)CC[C@H](C(O)c3cccc(F)c3)N2)CC1.